The number of thioether (sulfide) groups is 1. The van der Waals surface area contributed by atoms with Gasteiger partial charge in [-0.05, 0) is 48.5 Å². The first kappa shape index (κ1) is 24.3. The summed E-state index contributed by atoms with van der Waals surface area (Å²) in [5, 5.41) is 11.2. The number of benzene rings is 3. The van der Waals surface area contributed by atoms with Crippen molar-refractivity contribution in [1.29, 1.82) is 0 Å². The van der Waals surface area contributed by atoms with E-state index in [1.165, 1.54) is 41.3 Å². The molecule has 0 atom stereocenters. The number of nitro benzene ring substituents is 1. The molecule has 4 rings (SSSR count). The molecule has 0 spiro atoms. The second-order valence-electron chi connectivity index (χ2n) is 6.96. The number of rotatable bonds is 6. The number of ether oxygens (including phenoxy) is 1. The van der Waals surface area contributed by atoms with E-state index in [9.17, 15) is 19.3 Å². The third kappa shape index (κ3) is 5.15. The van der Waals surface area contributed by atoms with Gasteiger partial charge in [-0.1, -0.05) is 57.6 Å². The third-order valence-electron chi connectivity index (χ3n) is 4.80. The molecule has 3 aromatic carbocycles. The van der Waals surface area contributed by atoms with Gasteiger partial charge in [-0.2, -0.15) is 0 Å². The number of hydrogen-bond donors (Lipinski definition) is 0. The van der Waals surface area contributed by atoms with Crippen LogP contribution in [0.15, 0.2) is 70.0 Å². The number of halogens is 3. The SMILES string of the molecule is O=C1C(=Cc2cc(Br)ccc2OCc2c(F)cccc2Cl)SC(=S)N1c1ccc([N+](=O)[O-])cc1. The normalized spacial score (nSPS) is 14.7. The second kappa shape index (κ2) is 10.2. The Morgan fingerprint density at radius 3 is 2.62 bits per heavy atom. The first-order valence-corrected chi connectivity index (χ1v) is 12.0. The summed E-state index contributed by atoms with van der Waals surface area (Å²) in [7, 11) is 0. The number of non-ortho nitro benzene ring substituents is 1. The highest BCUT2D eigenvalue weighted by Crippen LogP contribution is 2.38. The lowest BCUT2D eigenvalue weighted by Crippen LogP contribution is -2.27. The van der Waals surface area contributed by atoms with Crippen molar-refractivity contribution in [2.45, 2.75) is 6.61 Å². The van der Waals surface area contributed by atoms with Crippen LogP contribution >= 0.6 is 51.5 Å². The highest BCUT2D eigenvalue weighted by molar-refractivity contribution is 9.10. The number of carbonyl (C=O) groups is 1. The standard InChI is InChI=1S/C23H13BrClFN2O4S2/c24-14-4-9-20(32-12-17-18(25)2-1-3-19(17)26)13(10-14)11-21-22(29)27(23(33)34-21)15-5-7-16(8-6-15)28(30)31/h1-11H,12H2. The Kier molecular flexibility index (Phi) is 7.32. The monoisotopic (exact) mass is 578 g/mol. The highest BCUT2D eigenvalue weighted by Gasteiger charge is 2.33. The molecular formula is C23H13BrClFN2O4S2. The summed E-state index contributed by atoms with van der Waals surface area (Å²) in [4.78, 5) is 25.1. The first-order chi connectivity index (χ1) is 16.2. The zero-order valence-corrected chi connectivity index (χ0v) is 21.0. The summed E-state index contributed by atoms with van der Waals surface area (Å²) in [5.74, 6) is -0.426. The summed E-state index contributed by atoms with van der Waals surface area (Å²) in [6, 6.07) is 15.2. The molecule has 1 saturated heterocycles. The van der Waals surface area contributed by atoms with Crippen molar-refractivity contribution in [3.8, 4) is 5.75 Å². The van der Waals surface area contributed by atoms with Crippen molar-refractivity contribution < 1.29 is 18.8 Å². The Balaban J connectivity index is 1.61. The van der Waals surface area contributed by atoms with Gasteiger partial charge in [0.05, 0.1) is 20.5 Å². The van der Waals surface area contributed by atoms with E-state index in [-0.39, 0.29) is 28.8 Å². The maximum absolute atomic E-state index is 14.1. The maximum Gasteiger partial charge on any atom is 0.270 e. The molecule has 1 aliphatic heterocycles. The smallest absolute Gasteiger partial charge is 0.270 e. The lowest BCUT2D eigenvalue weighted by atomic mass is 10.1. The van der Waals surface area contributed by atoms with E-state index in [0.717, 1.165) is 16.2 Å². The number of hydrogen-bond acceptors (Lipinski definition) is 6. The molecule has 1 fully saturated rings. The van der Waals surface area contributed by atoms with E-state index in [0.29, 0.717) is 26.2 Å². The van der Waals surface area contributed by atoms with Crippen LogP contribution in [0.3, 0.4) is 0 Å². The minimum absolute atomic E-state index is 0.0874. The van der Waals surface area contributed by atoms with E-state index in [4.69, 9.17) is 28.6 Å². The predicted molar refractivity (Wildman–Crippen MR) is 139 cm³/mol. The van der Waals surface area contributed by atoms with Crippen LogP contribution in [0.2, 0.25) is 5.02 Å². The number of amides is 1. The van der Waals surface area contributed by atoms with Gasteiger partial charge >= 0.3 is 0 Å². The Morgan fingerprint density at radius 2 is 1.94 bits per heavy atom. The van der Waals surface area contributed by atoms with Crippen LogP contribution in [-0.4, -0.2) is 15.2 Å². The molecule has 1 aliphatic rings. The van der Waals surface area contributed by atoms with E-state index in [1.807, 2.05) is 0 Å². The van der Waals surface area contributed by atoms with Gasteiger partial charge in [0, 0.05) is 27.7 Å². The van der Waals surface area contributed by atoms with Crippen LogP contribution in [0.4, 0.5) is 15.8 Å². The fourth-order valence-corrected chi connectivity index (χ4v) is 5.02. The van der Waals surface area contributed by atoms with Crippen LogP contribution in [0.1, 0.15) is 11.1 Å². The molecule has 6 nitrogen and oxygen atoms in total. The van der Waals surface area contributed by atoms with Crippen molar-refractivity contribution in [3.05, 3.63) is 102 Å². The van der Waals surface area contributed by atoms with Crippen molar-refractivity contribution in [1.82, 2.24) is 0 Å². The molecule has 34 heavy (non-hydrogen) atoms. The van der Waals surface area contributed by atoms with Crippen LogP contribution in [0.25, 0.3) is 6.08 Å². The van der Waals surface area contributed by atoms with E-state index >= 15 is 0 Å². The number of nitro groups is 1. The summed E-state index contributed by atoms with van der Waals surface area (Å²) >= 11 is 16.0. The van der Waals surface area contributed by atoms with Gasteiger partial charge in [0.1, 0.15) is 18.2 Å². The molecule has 11 heteroatoms. The molecule has 0 saturated carbocycles. The van der Waals surface area contributed by atoms with Gasteiger partial charge in [-0.25, -0.2) is 4.39 Å². The molecule has 0 aromatic heterocycles. The minimum atomic E-state index is -0.517. The summed E-state index contributed by atoms with van der Waals surface area (Å²) in [5.41, 5.74) is 1.14. The second-order valence-corrected chi connectivity index (χ2v) is 9.96. The van der Waals surface area contributed by atoms with Crippen molar-refractivity contribution in [3.63, 3.8) is 0 Å². The van der Waals surface area contributed by atoms with E-state index in [2.05, 4.69) is 15.9 Å². The maximum atomic E-state index is 14.1. The van der Waals surface area contributed by atoms with Crippen molar-refractivity contribution in [2.75, 3.05) is 4.90 Å². The van der Waals surface area contributed by atoms with Crippen LogP contribution < -0.4 is 9.64 Å². The number of nitrogens with zero attached hydrogens (tertiary/aromatic N) is 2. The third-order valence-corrected chi connectivity index (χ3v) is 6.95. The average molecular weight is 580 g/mol. The lowest BCUT2D eigenvalue weighted by Gasteiger charge is -2.14. The minimum Gasteiger partial charge on any atom is -0.488 e. The van der Waals surface area contributed by atoms with Crippen LogP contribution in [0, 0.1) is 15.9 Å². The first-order valence-electron chi connectivity index (χ1n) is 9.62. The molecule has 1 amide bonds. The Bertz CT molecular complexity index is 1330. The fourth-order valence-electron chi connectivity index (χ4n) is 3.14. The van der Waals surface area contributed by atoms with Gasteiger partial charge in [0.15, 0.2) is 4.32 Å². The fraction of sp³-hybridized carbons (Fsp3) is 0.0435. The molecule has 0 radical (unpaired) electrons. The van der Waals surface area contributed by atoms with Gasteiger partial charge in [-0.15, -0.1) is 0 Å². The zero-order valence-electron chi connectivity index (χ0n) is 17.0. The van der Waals surface area contributed by atoms with Gasteiger partial charge in [0.2, 0.25) is 0 Å². The summed E-state index contributed by atoms with van der Waals surface area (Å²) in [6.07, 6.45) is 1.63. The van der Waals surface area contributed by atoms with Crippen LogP contribution in [-0.2, 0) is 11.4 Å². The largest absolute Gasteiger partial charge is 0.488 e. The van der Waals surface area contributed by atoms with Gasteiger partial charge in [0.25, 0.3) is 11.6 Å². The topological polar surface area (TPSA) is 72.7 Å². The predicted octanol–water partition coefficient (Wildman–Crippen LogP) is 7.13. The molecule has 0 aliphatic carbocycles. The molecule has 0 N–H and O–H groups in total. The van der Waals surface area contributed by atoms with E-state index in [1.54, 1.807) is 30.3 Å². The Labute approximate surface area is 216 Å². The highest BCUT2D eigenvalue weighted by atomic mass is 79.9. The zero-order chi connectivity index (χ0) is 24.4. The Morgan fingerprint density at radius 1 is 1.21 bits per heavy atom. The molecular weight excluding hydrogens is 567 g/mol. The quantitative estimate of drug-likeness (QED) is 0.134. The average Bonchev–Trinajstić information content (AvgIpc) is 3.07. The van der Waals surface area contributed by atoms with Crippen molar-refractivity contribution >= 4 is 79.2 Å². The van der Waals surface area contributed by atoms with Gasteiger partial charge in [-0.3, -0.25) is 19.8 Å². The number of thiocarbonyl (C=S) groups is 1. The summed E-state index contributed by atoms with van der Waals surface area (Å²) < 4.78 is 21.0. The number of carbonyl (C=O) groups excluding carboxylic acids is 1. The molecule has 0 unspecified atom stereocenters. The lowest BCUT2D eigenvalue weighted by molar-refractivity contribution is -0.384. The number of anilines is 1. The summed E-state index contributed by atoms with van der Waals surface area (Å²) in [6.45, 7) is -0.0995. The van der Waals surface area contributed by atoms with Crippen LogP contribution in [0.5, 0.6) is 5.75 Å². The van der Waals surface area contributed by atoms with E-state index < -0.39 is 10.7 Å². The molecule has 172 valence electrons. The molecule has 0 bridgehead atoms. The molecule has 3 aromatic rings. The van der Waals surface area contributed by atoms with Gasteiger partial charge < -0.3 is 4.74 Å². The molecule has 1 heterocycles. The van der Waals surface area contributed by atoms with Crippen molar-refractivity contribution in [2.24, 2.45) is 0 Å². The Hall–Kier alpha value is -2.79.